The summed E-state index contributed by atoms with van der Waals surface area (Å²) < 4.78 is 11.8. The fraction of sp³-hybridized carbons (Fsp3) is 0.258. The first-order valence-electron chi connectivity index (χ1n) is 12.9. The van der Waals surface area contributed by atoms with E-state index in [1.165, 1.54) is 24.8 Å². The van der Waals surface area contributed by atoms with Gasteiger partial charge in [-0.05, 0) is 72.6 Å². The largest absolute Gasteiger partial charge is 0.487 e. The van der Waals surface area contributed by atoms with Gasteiger partial charge in [0, 0.05) is 16.4 Å². The third-order valence-electron chi connectivity index (χ3n) is 8.32. The molecular weight excluding hydrogens is 462 g/mol. The lowest BCUT2D eigenvalue weighted by Crippen LogP contribution is -2.34. The minimum atomic E-state index is -0.551. The van der Waals surface area contributed by atoms with Crippen molar-refractivity contribution in [2.45, 2.75) is 37.7 Å². The zero-order chi connectivity index (χ0) is 24.8. The van der Waals surface area contributed by atoms with Crippen LogP contribution in [0.2, 0.25) is 0 Å². The summed E-state index contributed by atoms with van der Waals surface area (Å²) >= 11 is 0. The molecule has 37 heavy (non-hydrogen) atoms. The van der Waals surface area contributed by atoms with Crippen molar-refractivity contribution < 1.29 is 9.15 Å². The number of rotatable bonds is 6. The first-order valence-corrected chi connectivity index (χ1v) is 12.9. The van der Waals surface area contributed by atoms with Crippen LogP contribution in [0, 0.1) is 11.8 Å². The van der Waals surface area contributed by atoms with Crippen LogP contribution in [0.25, 0.3) is 22.4 Å². The van der Waals surface area contributed by atoms with Crippen LogP contribution in [-0.4, -0.2) is 15.2 Å². The number of hydrogen-bond acceptors (Lipinski definition) is 5. The molecule has 0 saturated heterocycles. The van der Waals surface area contributed by atoms with E-state index in [2.05, 4.69) is 58.7 Å². The highest BCUT2D eigenvalue weighted by atomic mass is 16.5. The van der Waals surface area contributed by atoms with Gasteiger partial charge in [-0.1, -0.05) is 61.0 Å². The van der Waals surface area contributed by atoms with Crippen molar-refractivity contribution in [2.24, 2.45) is 11.8 Å². The minimum Gasteiger partial charge on any atom is -0.487 e. The van der Waals surface area contributed by atoms with Crippen LogP contribution in [0.1, 0.15) is 42.5 Å². The van der Waals surface area contributed by atoms with Crippen molar-refractivity contribution in [3.63, 3.8) is 0 Å². The monoisotopic (exact) mass is 489 g/mol. The van der Waals surface area contributed by atoms with Gasteiger partial charge in [0.1, 0.15) is 12.4 Å². The van der Waals surface area contributed by atoms with Crippen molar-refractivity contribution in [3.05, 3.63) is 112 Å². The van der Waals surface area contributed by atoms with Gasteiger partial charge >= 0.3 is 5.76 Å². The van der Waals surface area contributed by atoms with E-state index in [1.54, 1.807) is 0 Å². The molecule has 6 heteroatoms. The molecule has 0 radical (unpaired) electrons. The number of hydrogen-bond donors (Lipinski definition) is 1. The zero-order valence-electron chi connectivity index (χ0n) is 20.4. The molecule has 3 atom stereocenters. The lowest BCUT2D eigenvalue weighted by atomic mass is 9.63. The molecule has 3 aromatic carbocycles. The lowest BCUT2D eigenvalue weighted by Gasteiger charge is -2.40. The Kier molecular flexibility index (Phi) is 5.20. The predicted molar refractivity (Wildman–Crippen MR) is 141 cm³/mol. The van der Waals surface area contributed by atoms with E-state index < -0.39 is 5.76 Å². The summed E-state index contributed by atoms with van der Waals surface area (Å²) in [6, 6.07) is 29.0. The Balaban J connectivity index is 1.32. The van der Waals surface area contributed by atoms with Gasteiger partial charge in [0.05, 0.1) is 11.2 Å². The summed E-state index contributed by atoms with van der Waals surface area (Å²) in [6.07, 6.45) is 4.75. The molecule has 2 fully saturated rings. The molecule has 6 nitrogen and oxygen atoms in total. The van der Waals surface area contributed by atoms with E-state index in [4.69, 9.17) is 14.1 Å². The third-order valence-corrected chi connectivity index (χ3v) is 8.32. The Hall–Kier alpha value is -4.19. The Bertz CT molecular complexity index is 1640. The topological polar surface area (TPSA) is 81.0 Å². The van der Waals surface area contributed by atoms with Crippen molar-refractivity contribution in [3.8, 4) is 17.2 Å². The number of nitrogens with zero attached hydrogens (tertiary/aromatic N) is 2. The molecule has 2 bridgehead atoms. The van der Waals surface area contributed by atoms with Gasteiger partial charge in [0.2, 0.25) is 5.89 Å². The fourth-order valence-corrected chi connectivity index (χ4v) is 6.76. The van der Waals surface area contributed by atoms with Gasteiger partial charge in [-0.15, -0.1) is 5.10 Å². The molecule has 2 saturated carbocycles. The number of H-pyrrole nitrogens is 1. The lowest BCUT2D eigenvalue weighted by molar-refractivity contribution is 0.295. The van der Waals surface area contributed by atoms with Gasteiger partial charge in [-0.2, -0.15) is 0 Å². The second-order valence-electron chi connectivity index (χ2n) is 10.3. The molecule has 0 aliphatic heterocycles. The van der Waals surface area contributed by atoms with E-state index in [0.717, 1.165) is 39.9 Å². The van der Waals surface area contributed by atoms with Crippen LogP contribution in [0.4, 0.5) is 0 Å². The van der Waals surface area contributed by atoms with Crippen LogP contribution < -0.4 is 10.5 Å². The standard InChI is InChI=1S/C31H27N3O3/c35-30-34-33-29(37-30)26-15-14-25(36-19-24-13-11-21-6-4-5-9-28(21)32-24)17-27(26)31(22-7-2-1-3-8-22)18-20-10-12-23(31)16-20/h1-9,11,13-15,17,20,23H,10,12,16,18-19H2,(H,34,35)/t20-,23-,31-/m0/s1. The molecule has 1 N–H and O–H groups in total. The Morgan fingerprint density at radius 2 is 1.84 bits per heavy atom. The molecule has 2 aliphatic carbocycles. The van der Waals surface area contributed by atoms with Crippen LogP contribution in [-0.2, 0) is 12.0 Å². The molecule has 0 amide bonds. The summed E-state index contributed by atoms with van der Waals surface area (Å²) in [5.74, 6) is 1.74. The fourth-order valence-electron chi connectivity index (χ4n) is 6.76. The Labute approximate surface area is 214 Å². The maximum atomic E-state index is 11.9. The van der Waals surface area contributed by atoms with Crippen molar-refractivity contribution in [1.82, 2.24) is 15.2 Å². The number of fused-ring (bicyclic) bond motifs is 3. The second-order valence-corrected chi connectivity index (χ2v) is 10.3. The number of nitrogens with one attached hydrogen (secondary N) is 1. The molecule has 7 rings (SSSR count). The number of benzene rings is 3. The van der Waals surface area contributed by atoms with Gasteiger partial charge in [-0.3, -0.25) is 0 Å². The highest BCUT2D eigenvalue weighted by molar-refractivity contribution is 5.78. The van der Waals surface area contributed by atoms with Crippen LogP contribution in [0.15, 0.2) is 94.1 Å². The molecular formula is C31H27N3O3. The average Bonchev–Trinajstić information content (AvgIpc) is 3.69. The normalized spacial score (nSPS) is 22.5. The number of para-hydroxylation sites is 1. The van der Waals surface area contributed by atoms with E-state index in [9.17, 15) is 4.79 Å². The number of aromatic amines is 1. The van der Waals surface area contributed by atoms with E-state index in [-0.39, 0.29) is 5.41 Å². The van der Waals surface area contributed by atoms with E-state index in [1.807, 2.05) is 36.4 Å². The quantitative estimate of drug-likeness (QED) is 0.304. The highest BCUT2D eigenvalue weighted by Gasteiger charge is 2.53. The first kappa shape index (κ1) is 22.0. The number of pyridine rings is 1. The van der Waals surface area contributed by atoms with Gasteiger partial charge in [0.25, 0.3) is 0 Å². The summed E-state index contributed by atoms with van der Waals surface area (Å²) in [6.45, 7) is 0.367. The van der Waals surface area contributed by atoms with Crippen molar-refractivity contribution in [2.75, 3.05) is 0 Å². The molecule has 5 aromatic rings. The van der Waals surface area contributed by atoms with Crippen LogP contribution in [0.5, 0.6) is 5.75 Å². The molecule has 184 valence electrons. The van der Waals surface area contributed by atoms with Crippen LogP contribution >= 0.6 is 0 Å². The van der Waals surface area contributed by atoms with Crippen molar-refractivity contribution in [1.29, 1.82) is 0 Å². The maximum absolute atomic E-state index is 11.9. The zero-order valence-corrected chi connectivity index (χ0v) is 20.4. The summed E-state index contributed by atoms with van der Waals surface area (Å²) in [5, 5.41) is 7.75. The third kappa shape index (κ3) is 3.75. The second kappa shape index (κ2) is 8.73. The van der Waals surface area contributed by atoms with Gasteiger partial charge in [-0.25, -0.2) is 14.9 Å². The number of ether oxygens (including phenoxy) is 1. The first-order chi connectivity index (χ1) is 18.2. The van der Waals surface area contributed by atoms with Gasteiger partial charge < -0.3 is 9.15 Å². The SMILES string of the molecule is O=c1[nH]nc(-c2ccc(OCc3ccc4ccccc4n3)cc2[C@]2(c3ccccc3)C[C@H]3CC[C@H]2C3)o1. The molecule has 2 heterocycles. The predicted octanol–water partition coefficient (Wildman–Crippen LogP) is 6.26. The summed E-state index contributed by atoms with van der Waals surface area (Å²) in [7, 11) is 0. The summed E-state index contributed by atoms with van der Waals surface area (Å²) in [5.41, 5.74) is 4.90. The minimum absolute atomic E-state index is 0.183. The Morgan fingerprint density at radius 3 is 2.62 bits per heavy atom. The van der Waals surface area contributed by atoms with E-state index in [0.29, 0.717) is 24.3 Å². The summed E-state index contributed by atoms with van der Waals surface area (Å²) in [4.78, 5) is 16.6. The van der Waals surface area contributed by atoms with Crippen LogP contribution in [0.3, 0.4) is 0 Å². The smallest absolute Gasteiger partial charge is 0.434 e. The molecule has 0 spiro atoms. The molecule has 2 aromatic heterocycles. The van der Waals surface area contributed by atoms with E-state index >= 15 is 0 Å². The Morgan fingerprint density at radius 1 is 0.973 bits per heavy atom. The van der Waals surface area contributed by atoms with Gasteiger partial charge in [0.15, 0.2) is 0 Å². The highest BCUT2D eigenvalue weighted by Crippen LogP contribution is 2.61. The molecule has 0 unspecified atom stereocenters. The maximum Gasteiger partial charge on any atom is 0.434 e. The van der Waals surface area contributed by atoms with Crippen molar-refractivity contribution >= 4 is 10.9 Å². The average molecular weight is 490 g/mol. The molecule has 2 aliphatic rings. The number of aromatic nitrogens is 3.